The number of nitrogens with two attached hydrogens (primary N) is 1. The molecule has 1 aromatic carbocycles. The van der Waals surface area contributed by atoms with Gasteiger partial charge >= 0.3 is 0 Å². The molecule has 20 heavy (non-hydrogen) atoms. The summed E-state index contributed by atoms with van der Waals surface area (Å²) in [7, 11) is -3.31. The van der Waals surface area contributed by atoms with E-state index in [2.05, 4.69) is 4.72 Å². The van der Waals surface area contributed by atoms with Gasteiger partial charge in [0.05, 0.1) is 5.75 Å². The lowest BCUT2D eigenvalue weighted by molar-refractivity contribution is 0.213. The molecule has 0 amide bonds. The van der Waals surface area contributed by atoms with Gasteiger partial charge in [-0.2, -0.15) is 0 Å². The maximum atomic E-state index is 12.2. The predicted molar refractivity (Wildman–Crippen MR) is 85.0 cm³/mol. The summed E-state index contributed by atoms with van der Waals surface area (Å²) in [5.74, 6) is -0.00758. The van der Waals surface area contributed by atoms with Gasteiger partial charge in [-0.15, -0.1) is 0 Å². The molecule has 0 bridgehead atoms. The first kappa shape index (κ1) is 15.4. The first-order valence-corrected chi connectivity index (χ1v) is 8.82. The first-order valence-electron chi connectivity index (χ1n) is 6.76. The summed E-state index contributed by atoms with van der Waals surface area (Å²) >= 11 is 4.87. The molecule has 110 valence electrons. The fourth-order valence-electron chi connectivity index (χ4n) is 2.48. The summed E-state index contributed by atoms with van der Waals surface area (Å²) in [6.07, 6.45) is 3.80. The maximum Gasteiger partial charge on any atom is 0.216 e. The molecule has 4 nitrogen and oxygen atoms in total. The smallest absolute Gasteiger partial charge is 0.216 e. The van der Waals surface area contributed by atoms with Crippen LogP contribution in [0.4, 0.5) is 0 Å². The average molecular weight is 312 g/mol. The van der Waals surface area contributed by atoms with E-state index in [0.29, 0.717) is 4.99 Å². The highest BCUT2D eigenvalue weighted by atomic mass is 32.2. The number of hydrogen-bond acceptors (Lipinski definition) is 3. The summed E-state index contributed by atoms with van der Waals surface area (Å²) in [5, 5.41) is 0. The van der Waals surface area contributed by atoms with Gasteiger partial charge in [-0.05, 0) is 31.2 Å². The monoisotopic (exact) mass is 312 g/mol. The number of benzene rings is 1. The summed E-state index contributed by atoms with van der Waals surface area (Å²) in [4.78, 5) is 0.317. The fraction of sp³-hybridized carbons (Fsp3) is 0.500. The second kappa shape index (κ2) is 5.79. The standard InChI is InChI=1S/C14H20N2O2S2/c1-2-14(8-3-9-14)16-20(17,18)10-11-4-6-12(7-5-11)13(15)19/h4-7,16H,2-3,8-10H2,1H3,(H2,15,19). The molecule has 0 radical (unpaired) electrons. The van der Waals surface area contributed by atoms with Gasteiger partial charge in [-0.3, -0.25) is 0 Å². The van der Waals surface area contributed by atoms with Crippen LogP contribution in [0.15, 0.2) is 24.3 Å². The Balaban J connectivity index is 2.06. The van der Waals surface area contributed by atoms with Gasteiger partial charge in [0, 0.05) is 11.1 Å². The quantitative estimate of drug-likeness (QED) is 0.789. The number of nitrogens with one attached hydrogen (secondary N) is 1. The number of sulfonamides is 1. The number of thiocarbonyl (C=S) groups is 1. The van der Waals surface area contributed by atoms with Crippen molar-refractivity contribution in [3.05, 3.63) is 35.4 Å². The van der Waals surface area contributed by atoms with Crippen molar-refractivity contribution in [1.82, 2.24) is 4.72 Å². The molecule has 0 heterocycles. The number of hydrogen-bond donors (Lipinski definition) is 2. The summed E-state index contributed by atoms with van der Waals surface area (Å²) in [5.41, 5.74) is 6.80. The van der Waals surface area contributed by atoms with Gasteiger partial charge in [0.15, 0.2) is 0 Å². The third kappa shape index (κ3) is 3.56. The lowest BCUT2D eigenvalue weighted by Gasteiger charge is -2.41. The summed E-state index contributed by atoms with van der Waals surface area (Å²) in [6, 6.07) is 7.03. The van der Waals surface area contributed by atoms with E-state index < -0.39 is 10.0 Å². The van der Waals surface area contributed by atoms with Crippen molar-refractivity contribution < 1.29 is 8.42 Å². The average Bonchev–Trinajstić information content (AvgIpc) is 2.34. The van der Waals surface area contributed by atoms with Crippen LogP contribution in [0.2, 0.25) is 0 Å². The van der Waals surface area contributed by atoms with E-state index in [1.807, 2.05) is 6.92 Å². The van der Waals surface area contributed by atoms with Crippen molar-refractivity contribution in [2.75, 3.05) is 0 Å². The largest absolute Gasteiger partial charge is 0.389 e. The third-order valence-corrected chi connectivity index (χ3v) is 5.65. The van der Waals surface area contributed by atoms with E-state index in [0.717, 1.165) is 36.8 Å². The Kier molecular flexibility index (Phi) is 4.46. The van der Waals surface area contributed by atoms with Crippen LogP contribution < -0.4 is 10.5 Å². The second-order valence-corrected chi connectivity index (χ2v) is 7.57. The van der Waals surface area contributed by atoms with Crippen LogP contribution in [-0.4, -0.2) is 18.9 Å². The molecule has 1 fully saturated rings. The Labute approximate surface area is 125 Å². The second-order valence-electron chi connectivity index (χ2n) is 5.41. The number of rotatable bonds is 6. The van der Waals surface area contributed by atoms with Crippen LogP contribution in [0.3, 0.4) is 0 Å². The molecule has 0 unspecified atom stereocenters. The lowest BCUT2D eigenvalue weighted by atomic mass is 9.76. The Bertz CT molecular complexity index is 585. The first-order chi connectivity index (χ1) is 9.36. The predicted octanol–water partition coefficient (Wildman–Crippen LogP) is 2.07. The zero-order chi connectivity index (χ0) is 14.8. The molecule has 2 rings (SSSR count). The Hall–Kier alpha value is -0.980. The molecule has 1 aliphatic carbocycles. The molecule has 1 saturated carbocycles. The van der Waals surface area contributed by atoms with E-state index in [1.54, 1.807) is 24.3 Å². The van der Waals surface area contributed by atoms with Gasteiger partial charge in [-0.1, -0.05) is 43.4 Å². The minimum Gasteiger partial charge on any atom is -0.389 e. The van der Waals surface area contributed by atoms with Crippen molar-refractivity contribution in [2.24, 2.45) is 5.73 Å². The molecular weight excluding hydrogens is 292 g/mol. The molecule has 6 heteroatoms. The highest BCUT2D eigenvalue weighted by molar-refractivity contribution is 7.88. The normalized spacial score (nSPS) is 17.4. The highest BCUT2D eigenvalue weighted by Gasteiger charge is 2.38. The topological polar surface area (TPSA) is 72.2 Å². The lowest BCUT2D eigenvalue weighted by Crippen LogP contribution is -2.53. The Morgan fingerprint density at radius 2 is 1.95 bits per heavy atom. The van der Waals surface area contributed by atoms with Crippen molar-refractivity contribution in [3.8, 4) is 0 Å². The van der Waals surface area contributed by atoms with Gasteiger partial charge in [0.2, 0.25) is 10.0 Å². The zero-order valence-corrected chi connectivity index (χ0v) is 13.2. The van der Waals surface area contributed by atoms with Crippen LogP contribution >= 0.6 is 12.2 Å². The molecule has 0 saturated heterocycles. The Morgan fingerprint density at radius 3 is 2.35 bits per heavy atom. The van der Waals surface area contributed by atoms with E-state index in [4.69, 9.17) is 18.0 Å². The SMILES string of the molecule is CCC1(NS(=O)(=O)Cc2ccc(C(N)=S)cc2)CCC1. The minimum atomic E-state index is -3.31. The fourth-order valence-corrected chi connectivity index (χ4v) is 4.33. The van der Waals surface area contributed by atoms with Crippen LogP contribution in [0, 0.1) is 0 Å². The zero-order valence-electron chi connectivity index (χ0n) is 11.6. The van der Waals surface area contributed by atoms with E-state index in [-0.39, 0.29) is 11.3 Å². The highest BCUT2D eigenvalue weighted by Crippen LogP contribution is 2.35. The molecule has 0 atom stereocenters. The third-order valence-electron chi connectivity index (χ3n) is 3.95. The van der Waals surface area contributed by atoms with E-state index in [9.17, 15) is 8.42 Å². The van der Waals surface area contributed by atoms with Crippen molar-refractivity contribution >= 4 is 27.2 Å². The summed E-state index contributed by atoms with van der Waals surface area (Å²) < 4.78 is 27.3. The molecule has 1 aliphatic rings. The van der Waals surface area contributed by atoms with Crippen LogP contribution in [0.25, 0.3) is 0 Å². The van der Waals surface area contributed by atoms with Crippen molar-refractivity contribution in [1.29, 1.82) is 0 Å². The molecular formula is C14H20N2O2S2. The van der Waals surface area contributed by atoms with E-state index in [1.165, 1.54) is 0 Å². The van der Waals surface area contributed by atoms with Gasteiger partial charge in [-0.25, -0.2) is 13.1 Å². The Morgan fingerprint density at radius 1 is 1.35 bits per heavy atom. The van der Waals surface area contributed by atoms with Gasteiger partial charge in [0.25, 0.3) is 0 Å². The summed E-state index contributed by atoms with van der Waals surface area (Å²) in [6.45, 7) is 2.03. The molecule has 3 N–H and O–H groups in total. The molecule has 0 aliphatic heterocycles. The maximum absolute atomic E-state index is 12.2. The van der Waals surface area contributed by atoms with Gasteiger partial charge in [0.1, 0.15) is 4.99 Å². The van der Waals surface area contributed by atoms with Crippen LogP contribution in [0.5, 0.6) is 0 Å². The van der Waals surface area contributed by atoms with Gasteiger partial charge < -0.3 is 5.73 Å². The van der Waals surface area contributed by atoms with E-state index >= 15 is 0 Å². The molecule has 0 aromatic heterocycles. The minimum absolute atomic E-state index is 0.00758. The molecule has 1 aromatic rings. The van der Waals surface area contributed by atoms with Crippen LogP contribution in [-0.2, 0) is 15.8 Å². The molecule has 0 spiro atoms. The van der Waals surface area contributed by atoms with Crippen LogP contribution in [0.1, 0.15) is 43.7 Å². The van der Waals surface area contributed by atoms with Crippen molar-refractivity contribution in [3.63, 3.8) is 0 Å². The van der Waals surface area contributed by atoms with Crippen molar-refractivity contribution in [2.45, 2.75) is 43.9 Å².